The Labute approximate surface area is 120 Å². The van der Waals surface area contributed by atoms with Crippen LogP contribution in [-0.4, -0.2) is 25.1 Å². The summed E-state index contributed by atoms with van der Waals surface area (Å²) in [6, 6.07) is 0. The van der Waals surface area contributed by atoms with Crippen LogP contribution in [0.2, 0.25) is 0 Å². The quantitative estimate of drug-likeness (QED) is 0.933. The minimum Gasteiger partial charge on any atom is -0.308 e. The Morgan fingerprint density at radius 3 is 2.30 bits per heavy atom. The summed E-state index contributed by atoms with van der Waals surface area (Å²) in [6.07, 6.45) is 3.66. The third-order valence-corrected chi connectivity index (χ3v) is 3.34. The summed E-state index contributed by atoms with van der Waals surface area (Å²) >= 11 is 0. The number of rotatable bonds is 3. The molecule has 2 heterocycles. The van der Waals surface area contributed by atoms with Gasteiger partial charge in [-0.1, -0.05) is 0 Å². The predicted molar refractivity (Wildman–Crippen MR) is 80.0 cm³/mol. The third kappa shape index (κ3) is 3.22. The van der Waals surface area contributed by atoms with E-state index in [-0.39, 0.29) is 5.54 Å². The van der Waals surface area contributed by atoms with Gasteiger partial charge in [-0.2, -0.15) is 0 Å². The molecule has 1 N–H and O–H groups in total. The summed E-state index contributed by atoms with van der Waals surface area (Å²) in [6.45, 7) is 13.2. The molecule has 5 nitrogen and oxygen atoms in total. The number of nitrogens with one attached hydrogen (secondary N) is 1. The van der Waals surface area contributed by atoms with Crippen LogP contribution in [-0.2, 0) is 6.54 Å². The van der Waals surface area contributed by atoms with Crippen molar-refractivity contribution in [2.75, 3.05) is 0 Å². The van der Waals surface area contributed by atoms with E-state index in [1.54, 1.807) is 6.33 Å². The van der Waals surface area contributed by atoms with Crippen molar-refractivity contribution < 1.29 is 0 Å². The minimum absolute atomic E-state index is 0.0865. The Kier molecular flexibility index (Phi) is 3.90. The lowest BCUT2D eigenvalue weighted by atomic mass is 10.1. The molecule has 0 aliphatic heterocycles. The molecular weight excluding hydrogens is 250 g/mol. The van der Waals surface area contributed by atoms with Crippen molar-refractivity contribution in [3.63, 3.8) is 0 Å². The van der Waals surface area contributed by atoms with Crippen LogP contribution in [0.5, 0.6) is 0 Å². The largest absolute Gasteiger partial charge is 0.308 e. The fourth-order valence-electron chi connectivity index (χ4n) is 1.83. The molecule has 0 fully saturated rings. The van der Waals surface area contributed by atoms with Gasteiger partial charge in [0.1, 0.15) is 6.33 Å². The van der Waals surface area contributed by atoms with E-state index >= 15 is 0 Å². The lowest BCUT2D eigenvalue weighted by Gasteiger charge is -2.21. The second-order valence-electron chi connectivity index (χ2n) is 6.17. The third-order valence-electron chi connectivity index (χ3n) is 3.34. The smallest absolute Gasteiger partial charge is 0.235 e. The Bertz CT molecular complexity index is 607. The van der Waals surface area contributed by atoms with E-state index in [0.29, 0.717) is 5.95 Å². The molecule has 2 rings (SSSR count). The van der Waals surface area contributed by atoms with Crippen LogP contribution in [0.3, 0.4) is 0 Å². The summed E-state index contributed by atoms with van der Waals surface area (Å²) in [5.74, 6) is 0.681. The summed E-state index contributed by atoms with van der Waals surface area (Å²) in [5, 5.41) is 3.45. The molecule has 0 aliphatic carbocycles. The van der Waals surface area contributed by atoms with Gasteiger partial charge in [-0.05, 0) is 41.5 Å². The molecule has 0 aromatic carbocycles. The van der Waals surface area contributed by atoms with Crippen molar-refractivity contribution in [1.29, 1.82) is 0 Å². The first-order valence-electron chi connectivity index (χ1n) is 6.86. The maximum Gasteiger partial charge on any atom is 0.235 e. The Balaban J connectivity index is 2.24. The highest BCUT2D eigenvalue weighted by Crippen LogP contribution is 2.12. The fraction of sp³-hybridized carbons (Fsp3) is 0.533. The molecule has 2 aromatic heterocycles. The van der Waals surface area contributed by atoms with E-state index in [4.69, 9.17) is 0 Å². The second kappa shape index (κ2) is 5.32. The molecule has 0 saturated heterocycles. The van der Waals surface area contributed by atoms with Gasteiger partial charge in [-0.15, -0.1) is 0 Å². The predicted octanol–water partition coefficient (Wildman–Crippen LogP) is 2.48. The van der Waals surface area contributed by atoms with Crippen molar-refractivity contribution in [2.45, 2.75) is 53.6 Å². The monoisotopic (exact) mass is 273 g/mol. The summed E-state index contributed by atoms with van der Waals surface area (Å²) in [4.78, 5) is 13.3. The van der Waals surface area contributed by atoms with Gasteiger partial charge < -0.3 is 5.32 Å². The molecule has 2 aromatic rings. The molecule has 0 aliphatic rings. The van der Waals surface area contributed by atoms with Crippen LogP contribution < -0.4 is 5.32 Å². The molecule has 0 unspecified atom stereocenters. The summed E-state index contributed by atoms with van der Waals surface area (Å²) in [5.41, 5.74) is 4.29. The molecular formula is C15H23N5. The average molecular weight is 273 g/mol. The first-order chi connectivity index (χ1) is 9.28. The Morgan fingerprint density at radius 1 is 1.10 bits per heavy atom. The summed E-state index contributed by atoms with van der Waals surface area (Å²) in [7, 11) is 0. The normalized spacial score (nSPS) is 11.9. The number of nitrogens with zero attached hydrogens (tertiary/aromatic N) is 4. The van der Waals surface area contributed by atoms with Crippen LogP contribution in [0.4, 0.5) is 0 Å². The zero-order valence-electron chi connectivity index (χ0n) is 13.2. The van der Waals surface area contributed by atoms with Gasteiger partial charge in [0.2, 0.25) is 5.95 Å². The number of hydrogen-bond donors (Lipinski definition) is 1. The lowest BCUT2D eigenvalue weighted by molar-refractivity contribution is 0.423. The number of hydrogen-bond acceptors (Lipinski definition) is 4. The molecule has 0 saturated carbocycles. The highest BCUT2D eigenvalue weighted by Gasteiger charge is 2.12. The van der Waals surface area contributed by atoms with Gasteiger partial charge >= 0.3 is 0 Å². The van der Waals surface area contributed by atoms with Gasteiger partial charge in [0.25, 0.3) is 0 Å². The first kappa shape index (κ1) is 14.7. The Hall–Kier alpha value is -1.75. The van der Waals surface area contributed by atoms with Gasteiger partial charge in [0, 0.05) is 35.2 Å². The van der Waals surface area contributed by atoms with Crippen LogP contribution in [0.15, 0.2) is 12.5 Å². The number of aryl methyl sites for hydroxylation is 2. The summed E-state index contributed by atoms with van der Waals surface area (Å²) < 4.78 is 1.92. The van der Waals surface area contributed by atoms with E-state index in [2.05, 4.69) is 41.0 Å². The molecule has 0 radical (unpaired) electrons. The van der Waals surface area contributed by atoms with Crippen LogP contribution in [0.25, 0.3) is 5.95 Å². The lowest BCUT2D eigenvalue weighted by Crippen LogP contribution is -2.35. The first-order valence-corrected chi connectivity index (χ1v) is 6.86. The van der Waals surface area contributed by atoms with E-state index in [9.17, 15) is 0 Å². The molecule has 0 amide bonds. The second-order valence-corrected chi connectivity index (χ2v) is 6.17. The number of aromatic nitrogens is 4. The number of imidazole rings is 1. The zero-order chi connectivity index (χ0) is 14.9. The molecule has 108 valence electrons. The fourth-order valence-corrected chi connectivity index (χ4v) is 1.83. The molecule has 0 bridgehead atoms. The van der Waals surface area contributed by atoms with Crippen molar-refractivity contribution in [3.8, 4) is 5.95 Å². The van der Waals surface area contributed by atoms with Crippen molar-refractivity contribution in [3.05, 3.63) is 35.2 Å². The topological polar surface area (TPSA) is 55.6 Å². The SMILES string of the molecule is Cc1nc(-n2cnc(C)c2C)ncc1CNC(C)(C)C. The van der Waals surface area contributed by atoms with Crippen LogP contribution in [0.1, 0.15) is 43.4 Å². The highest BCUT2D eigenvalue weighted by atomic mass is 15.2. The van der Waals surface area contributed by atoms with Gasteiger partial charge in [0.05, 0.1) is 5.69 Å². The molecule has 20 heavy (non-hydrogen) atoms. The maximum absolute atomic E-state index is 4.59. The van der Waals surface area contributed by atoms with Gasteiger partial charge in [-0.25, -0.2) is 15.0 Å². The molecule has 0 atom stereocenters. The van der Waals surface area contributed by atoms with E-state index in [1.807, 2.05) is 31.5 Å². The van der Waals surface area contributed by atoms with Crippen molar-refractivity contribution in [2.24, 2.45) is 0 Å². The minimum atomic E-state index is 0.0865. The van der Waals surface area contributed by atoms with E-state index in [0.717, 1.165) is 29.2 Å². The van der Waals surface area contributed by atoms with Crippen LogP contribution in [0, 0.1) is 20.8 Å². The van der Waals surface area contributed by atoms with Crippen LogP contribution >= 0.6 is 0 Å². The van der Waals surface area contributed by atoms with Crippen molar-refractivity contribution in [1.82, 2.24) is 24.8 Å². The van der Waals surface area contributed by atoms with E-state index < -0.39 is 0 Å². The van der Waals surface area contributed by atoms with Gasteiger partial charge in [0.15, 0.2) is 0 Å². The van der Waals surface area contributed by atoms with Crippen molar-refractivity contribution >= 4 is 0 Å². The maximum atomic E-state index is 4.59. The molecule has 5 heteroatoms. The average Bonchev–Trinajstić information content (AvgIpc) is 2.67. The zero-order valence-corrected chi connectivity index (χ0v) is 13.2. The van der Waals surface area contributed by atoms with E-state index in [1.165, 1.54) is 0 Å². The Morgan fingerprint density at radius 2 is 1.80 bits per heavy atom. The standard InChI is InChI=1S/C15H23N5/c1-10-12(3)20(9-17-10)14-16-7-13(11(2)19-14)8-18-15(4,5)6/h7,9,18H,8H2,1-6H3. The molecule has 0 spiro atoms. The highest BCUT2D eigenvalue weighted by molar-refractivity contribution is 5.25. The van der Waals surface area contributed by atoms with Gasteiger partial charge in [-0.3, -0.25) is 4.57 Å².